The summed E-state index contributed by atoms with van der Waals surface area (Å²) in [7, 11) is 0. The number of amides is 1. The molecule has 0 unspecified atom stereocenters. The smallest absolute Gasteiger partial charge is 0.237 e. The molecule has 1 atom stereocenters. The van der Waals surface area contributed by atoms with Gasteiger partial charge in [0.05, 0.1) is 6.04 Å². The Morgan fingerprint density at radius 3 is 2.54 bits per heavy atom. The van der Waals surface area contributed by atoms with Crippen molar-refractivity contribution in [1.29, 1.82) is 0 Å². The van der Waals surface area contributed by atoms with Gasteiger partial charge in [-0.05, 0) is 26.2 Å². The molecule has 1 aliphatic rings. The van der Waals surface area contributed by atoms with Crippen LogP contribution >= 0.6 is 0 Å². The molecule has 0 aromatic carbocycles. The van der Waals surface area contributed by atoms with Gasteiger partial charge in [-0.1, -0.05) is 19.8 Å². The summed E-state index contributed by atoms with van der Waals surface area (Å²) in [5.41, 5.74) is 5.66. The molecule has 1 saturated carbocycles. The summed E-state index contributed by atoms with van der Waals surface area (Å²) < 4.78 is 0. The van der Waals surface area contributed by atoms with Gasteiger partial charge in [-0.3, -0.25) is 4.79 Å². The van der Waals surface area contributed by atoms with Gasteiger partial charge in [0.2, 0.25) is 5.91 Å². The van der Waals surface area contributed by atoms with Crippen LogP contribution in [0, 0.1) is 0 Å². The monoisotopic (exact) mass is 184 g/mol. The molecule has 0 aromatic heterocycles. The second-order valence-electron chi connectivity index (χ2n) is 4.27. The highest BCUT2D eigenvalue weighted by Crippen LogP contribution is 2.28. The molecule has 3 heteroatoms. The Labute approximate surface area is 80.1 Å². The van der Waals surface area contributed by atoms with Crippen LogP contribution in [0.1, 0.15) is 46.0 Å². The van der Waals surface area contributed by atoms with Crippen LogP contribution in [0.5, 0.6) is 0 Å². The number of carbonyl (C=O) groups excluding carboxylic acids is 1. The summed E-state index contributed by atoms with van der Waals surface area (Å²) in [4.78, 5) is 11.5. The summed E-state index contributed by atoms with van der Waals surface area (Å²) >= 11 is 0. The van der Waals surface area contributed by atoms with Crippen molar-refractivity contribution in [2.75, 3.05) is 0 Å². The van der Waals surface area contributed by atoms with Gasteiger partial charge >= 0.3 is 0 Å². The molecule has 3 N–H and O–H groups in total. The second kappa shape index (κ2) is 4.09. The van der Waals surface area contributed by atoms with E-state index in [0.717, 1.165) is 12.8 Å². The first-order valence-corrected chi connectivity index (χ1v) is 5.15. The molecular weight excluding hydrogens is 164 g/mol. The van der Waals surface area contributed by atoms with E-state index in [0.29, 0.717) is 6.42 Å². The van der Waals surface area contributed by atoms with E-state index in [1.807, 2.05) is 6.92 Å². The molecule has 3 nitrogen and oxygen atoms in total. The van der Waals surface area contributed by atoms with Crippen LogP contribution in [-0.4, -0.2) is 17.5 Å². The summed E-state index contributed by atoms with van der Waals surface area (Å²) in [5, 5.41) is 3.04. The van der Waals surface area contributed by atoms with Crippen molar-refractivity contribution in [1.82, 2.24) is 5.32 Å². The van der Waals surface area contributed by atoms with E-state index in [-0.39, 0.29) is 17.5 Å². The van der Waals surface area contributed by atoms with Crippen molar-refractivity contribution < 1.29 is 4.79 Å². The van der Waals surface area contributed by atoms with E-state index in [9.17, 15) is 4.79 Å². The molecule has 0 aliphatic heterocycles. The van der Waals surface area contributed by atoms with Crippen LogP contribution in [0.4, 0.5) is 0 Å². The van der Waals surface area contributed by atoms with E-state index in [1.165, 1.54) is 12.8 Å². The molecule has 1 amide bonds. The van der Waals surface area contributed by atoms with Crippen molar-refractivity contribution in [3.63, 3.8) is 0 Å². The molecule has 0 radical (unpaired) electrons. The van der Waals surface area contributed by atoms with E-state index in [4.69, 9.17) is 5.73 Å². The first-order chi connectivity index (χ1) is 6.07. The molecule has 0 aromatic rings. The zero-order valence-electron chi connectivity index (χ0n) is 8.60. The van der Waals surface area contributed by atoms with Gasteiger partial charge in [-0.25, -0.2) is 0 Å². The van der Waals surface area contributed by atoms with Crippen molar-refractivity contribution in [2.45, 2.75) is 57.5 Å². The van der Waals surface area contributed by atoms with Gasteiger partial charge in [0.1, 0.15) is 0 Å². The van der Waals surface area contributed by atoms with Gasteiger partial charge in [-0.15, -0.1) is 0 Å². The van der Waals surface area contributed by atoms with Crippen LogP contribution in [0.25, 0.3) is 0 Å². The van der Waals surface area contributed by atoms with Crippen molar-refractivity contribution in [3.8, 4) is 0 Å². The molecule has 1 aliphatic carbocycles. The van der Waals surface area contributed by atoms with Crippen LogP contribution in [0.3, 0.4) is 0 Å². The Morgan fingerprint density at radius 2 is 2.08 bits per heavy atom. The average molecular weight is 184 g/mol. The lowest BCUT2D eigenvalue weighted by molar-refractivity contribution is -0.124. The fourth-order valence-corrected chi connectivity index (χ4v) is 1.86. The van der Waals surface area contributed by atoms with Gasteiger partial charge in [0.25, 0.3) is 0 Å². The molecule has 76 valence electrons. The lowest BCUT2D eigenvalue weighted by atomic mass is 10.00. The minimum Gasteiger partial charge on any atom is -0.350 e. The Kier molecular flexibility index (Phi) is 3.31. The standard InChI is InChI=1S/C10H20N2O/c1-3-8(11)9(13)12-10(2)6-4-5-7-10/h8H,3-7,11H2,1-2H3,(H,12,13)/t8-/m1/s1. The summed E-state index contributed by atoms with van der Waals surface area (Å²) in [6, 6.07) is -0.336. The number of nitrogens with one attached hydrogen (secondary N) is 1. The second-order valence-corrected chi connectivity index (χ2v) is 4.27. The number of hydrogen-bond donors (Lipinski definition) is 2. The zero-order valence-corrected chi connectivity index (χ0v) is 8.60. The summed E-state index contributed by atoms with van der Waals surface area (Å²) in [6.45, 7) is 4.04. The maximum atomic E-state index is 11.5. The van der Waals surface area contributed by atoms with Gasteiger partial charge in [0, 0.05) is 5.54 Å². The largest absolute Gasteiger partial charge is 0.350 e. The van der Waals surface area contributed by atoms with Crippen LogP contribution in [-0.2, 0) is 4.79 Å². The van der Waals surface area contributed by atoms with Crippen molar-refractivity contribution in [2.24, 2.45) is 5.73 Å². The highest BCUT2D eigenvalue weighted by Gasteiger charge is 2.31. The van der Waals surface area contributed by atoms with E-state index < -0.39 is 0 Å². The predicted molar refractivity (Wildman–Crippen MR) is 53.3 cm³/mol. The van der Waals surface area contributed by atoms with E-state index in [1.54, 1.807) is 0 Å². The van der Waals surface area contributed by atoms with Crippen LogP contribution in [0.15, 0.2) is 0 Å². The molecule has 0 bridgehead atoms. The quantitative estimate of drug-likeness (QED) is 0.692. The highest BCUT2D eigenvalue weighted by molar-refractivity contribution is 5.82. The van der Waals surface area contributed by atoms with Gasteiger partial charge < -0.3 is 11.1 Å². The number of rotatable bonds is 3. The third kappa shape index (κ3) is 2.69. The maximum absolute atomic E-state index is 11.5. The topological polar surface area (TPSA) is 55.1 Å². The van der Waals surface area contributed by atoms with Crippen LogP contribution < -0.4 is 11.1 Å². The molecule has 1 rings (SSSR count). The number of nitrogens with two attached hydrogens (primary N) is 1. The SMILES string of the molecule is CC[C@@H](N)C(=O)NC1(C)CCCC1. The van der Waals surface area contributed by atoms with Crippen LogP contribution in [0.2, 0.25) is 0 Å². The third-order valence-corrected chi connectivity index (χ3v) is 2.91. The Balaban J connectivity index is 2.43. The van der Waals surface area contributed by atoms with Crippen molar-refractivity contribution in [3.05, 3.63) is 0 Å². The lowest BCUT2D eigenvalue weighted by Gasteiger charge is -2.26. The molecule has 0 heterocycles. The zero-order chi connectivity index (χ0) is 9.90. The minimum atomic E-state index is -0.336. The molecule has 0 spiro atoms. The first-order valence-electron chi connectivity index (χ1n) is 5.15. The number of hydrogen-bond acceptors (Lipinski definition) is 2. The van der Waals surface area contributed by atoms with E-state index >= 15 is 0 Å². The average Bonchev–Trinajstić information content (AvgIpc) is 2.50. The maximum Gasteiger partial charge on any atom is 0.237 e. The molecular formula is C10H20N2O. The third-order valence-electron chi connectivity index (χ3n) is 2.91. The predicted octanol–water partition coefficient (Wildman–Crippen LogP) is 1.17. The highest BCUT2D eigenvalue weighted by atomic mass is 16.2. The van der Waals surface area contributed by atoms with Gasteiger partial charge in [0.15, 0.2) is 0 Å². The molecule has 1 fully saturated rings. The lowest BCUT2D eigenvalue weighted by Crippen LogP contribution is -2.50. The minimum absolute atomic E-state index is 0.00639. The fourth-order valence-electron chi connectivity index (χ4n) is 1.86. The van der Waals surface area contributed by atoms with Gasteiger partial charge in [-0.2, -0.15) is 0 Å². The summed E-state index contributed by atoms with van der Waals surface area (Å²) in [5.74, 6) is 0.00639. The normalized spacial score (nSPS) is 22.7. The first kappa shape index (κ1) is 10.5. The molecule has 13 heavy (non-hydrogen) atoms. The molecule has 0 saturated heterocycles. The fraction of sp³-hybridized carbons (Fsp3) is 0.900. The van der Waals surface area contributed by atoms with Crippen molar-refractivity contribution >= 4 is 5.91 Å². The Bertz CT molecular complexity index is 185. The Morgan fingerprint density at radius 1 is 1.54 bits per heavy atom. The Hall–Kier alpha value is -0.570. The summed E-state index contributed by atoms with van der Waals surface area (Å²) in [6.07, 6.45) is 5.34. The van der Waals surface area contributed by atoms with E-state index in [2.05, 4.69) is 12.2 Å². The number of carbonyl (C=O) groups is 1.